The molecule has 0 fully saturated rings. The molecule has 29 heavy (non-hydrogen) atoms. The maximum absolute atomic E-state index is 13.3. The van der Waals surface area contributed by atoms with E-state index in [-0.39, 0.29) is 11.4 Å². The number of hydrogen-bond donors (Lipinski definition) is 2. The van der Waals surface area contributed by atoms with Crippen LogP contribution in [0.3, 0.4) is 0 Å². The molecule has 0 radical (unpaired) electrons. The van der Waals surface area contributed by atoms with Gasteiger partial charge in [0.05, 0.1) is 7.11 Å². The number of anilines is 2. The molecule has 0 saturated heterocycles. The molecule has 2 N–H and O–H groups in total. The number of carbonyl (C=O) groups excluding carboxylic acids is 1. The molecule has 2 aromatic carbocycles. The molecule has 6 nitrogen and oxygen atoms in total. The van der Waals surface area contributed by atoms with Gasteiger partial charge in [-0.1, -0.05) is 18.2 Å². The summed E-state index contributed by atoms with van der Waals surface area (Å²) in [5, 5.41) is 5.59. The summed E-state index contributed by atoms with van der Waals surface area (Å²) in [6, 6.07) is 12.3. The number of methoxy groups -OCH3 is 1. The topological polar surface area (TPSA) is 76.1 Å². The monoisotopic (exact) mass is 398 g/mol. The number of nitrogens with one attached hydrogen (secondary N) is 2. The van der Waals surface area contributed by atoms with E-state index >= 15 is 0 Å². The Balaban J connectivity index is 1.67. The van der Waals surface area contributed by atoms with Crippen molar-refractivity contribution in [3.05, 3.63) is 77.1 Å². The summed E-state index contributed by atoms with van der Waals surface area (Å²) in [4.78, 5) is 20.9. The highest BCUT2D eigenvalue weighted by Gasteiger charge is 2.12. The van der Waals surface area contributed by atoms with E-state index in [0.717, 1.165) is 23.4 Å². The lowest BCUT2D eigenvalue weighted by atomic mass is 10.1. The van der Waals surface area contributed by atoms with Gasteiger partial charge in [-0.05, 0) is 43.2 Å². The largest absolute Gasteiger partial charge is 0.496 e. The molecule has 0 aliphatic carbocycles. The van der Waals surface area contributed by atoms with Gasteiger partial charge in [-0.3, -0.25) is 4.79 Å². The quantitative estimate of drug-likeness (QED) is 0.630. The predicted octanol–water partition coefficient (Wildman–Crippen LogP) is 3.98. The highest BCUT2D eigenvalue weighted by molar-refractivity contribution is 6.03. The third-order valence-electron chi connectivity index (χ3n) is 4.13. The van der Waals surface area contributed by atoms with Crippen LogP contribution in [0.2, 0.25) is 0 Å². The smallest absolute Gasteiger partial charge is 0.274 e. The molecule has 0 aliphatic rings. The van der Waals surface area contributed by atoms with Crippen molar-refractivity contribution in [1.82, 2.24) is 9.97 Å². The predicted molar refractivity (Wildman–Crippen MR) is 106 cm³/mol. The van der Waals surface area contributed by atoms with Crippen LogP contribution in [0.25, 0.3) is 0 Å². The third kappa shape index (κ3) is 5.25. The molecular weight excluding hydrogens is 378 g/mol. The zero-order valence-electron chi connectivity index (χ0n) is 16.0. The molecule has 0 spiro atoms. The van der Waals surface area contributed by atoms with Crippen molar-refractivity contribution >= 4 is 17.5 Å². The van der Waals surface area contributed by atoms with Crippen LogP contribution in [0.4, 0.5) is 20.4 Å². The normalized spacial score (nSPS) is 10.5. The first kappa shape index (κ1) is 20.2. The van der Waals surface area contributed by atoms with Crippen LogP contribution >= 0.6 is 0 Å². The van der Waals surface area contributed by atoms with Crippen LogP contribution < -0.4 is 15.4 Å². The minimum atomic E-state index is -1.04. The Labute approximate surface area is 167 Å². The molecule has 150 valence electrons. The van der Waals surface area contributed by atoms with E-state index in [1.165, 1.54) is 12.1 Å². The van der Waals surface area contributed by atoms with Gasteiger partial charge in [0.2, 0.25) is 5.95 Å². The number of nitrogens with zero attached hydrogens (tertiary/aromatic N) is 2. The molecule has 1 heterocycles. The van der Waals surface area contributed by atoms with Crippen LogP contribution in [-0.2, 0) is 6.42 Å². The van der Waals surface area contributed by atoms with E-state index in [9.17, 15) is 13.6 Å². The molecule has 0 atom stereocenters. The maximum Gasteiger partial charge on any atom is 0.274 e. The van der Waals surface area contributed by atoms with Crippen LogP contribution in [-0.4, -0.2) is 29.5 Å². The van der Waals surface area contributed by atoms with Crippen LogP contribution in [0.15, 0.2) is 48.5 Å². The first-order valence-electron chi connectivity index (χ1n) is 8.94. The summed E-state index contributed by atoms with van der Waals surface area (Å²) in [5.74, 6) is -1.47. The number of benzene rings is 2. The van der Waals surface area contributed by atoms with Gasteiger partial charge in [0.25, 0.3) is 5.91 Å². The Morgan fingerprint density at radius 1 is 1.07 bits per heavy atom. The van der Waals surface area contributed by atoms with Crippen molar-refractivity contribution in [3.8, 4) is 5.75 Å². The van der Waals surface area contributed by atoms with Crippen molar-refractivity contribution in [2.24, 2.45) is 0 Å². The summed E-state index contributed by atoms with van der Waals surface area (Å²) in [6.45, 7) is 2.27. The van der Waals surface area contributed by atoms with Gasteiger partial charge in [-0.15, -0.1) is 0 Å². The fourth-order valence-corrected chi connectivity index (χ4v) is 2.75. The number of amides is 1. The maximum atomic E-state index is 13.3. The van der Waals surface area contributed by atoms with Gasteiger partial charge in [0.1, 0.15) is 11.4 Å². The summed E-state index contributed by atoms with van der Waals surface area (Å²) >= 11 is 0. The Morgan fingerprint density at radius 2 is 1.86 bits per heavy atom. The van der Waals surface area contributed by atoms with Crippen molar-refractivity contribution in [3.63, 3.8) is 0 Å². The first-order valence-corrected chi connectivity index (χ1v) is 8.94. The van der Waals surface area contributed by atoms with Crippen molar-refractivity contribution < 1.29 is 18.3 Å². The Bertz CT molecular complexity index is 1030. The van der Waals surface area contributed by atoms with Crippen LogP contribution in [0, 0.1) is 18.6 Å². The fourth-order valence-electron chi connectivity index (χ4n) is 2.75. The van der Waals surface area contributed by atoms with E-state index in [1.807, 2.05) is 24.3 Å². The first-order chi connectivity index (χ1) is 14.0. The zero-order valence-corrected chi connectivity index (χ0v) is 16.0. The van der Waals surface area contributed by atoms with Crippen LogP contribution in [0.1, 0.15) is 21.7 Å². The zero-order chi connectivity index (χ0) is 20.8. The van der Waals surface area contributed by atoms with Gasteiger partial charge < -0.3 is 15.4 Å². The number of rotatable bonds is 7. The van der Waals surface area contributed by atoms with Gasteiger partial charge >= 0.3 is 0 Å². The van der Waals surface area contributed by atoms with E-state index in [4.69, 9.17) is 4.74 Å². The minimum absolute atomic E-state index is 0.113. The fraction of sp³-hybridized carbons (Fsp3) is 0.190. The van der Waals surface area contributed by atoms with Gasteiger partial charge in [-0.25, -0.2) is 18.7 Å². The van der Waals surface area contributed by atoms with Gasteiger partial charge in [0.15, 0.2) is 11.6 Å². The molecule has 1 amide bonds. The summed E-state index contributed by atoms with van der Waals surface area (Å²) in [7, 11) is 1.62. The number of aromatic nitrogens is 2. The number of carbonyl (C=O) groups is 1. The highest BCUT2D eigenvalue weighted by Crippen LogP contribution is 2.18. The lowest BCUT2D eigenvalue weighted by Crippen LogP contribution is -2.17. The molecule has 0 bridgehead atoms. The number of para-hydroxylation sites is 1. The van der Waals surface area contributed by atoms with E-state index in [1.54, 1.807) is 14.0 Å². The van der Waals surface area contributed by atoms with Crippen molar-refractivity contribution in [2.75, 3.05) is 24.3 Å². The van der Waals surface area contributed by atoms with Gasteiger partial charge in [0, 0.05) is 24.0 Å². The van der Waals surface area contributed by atoms with Crippen LogP contribution in [0.5, 0.6) is 5.75 Å². The Hall–Kier alpha value is -3.55. The Kier molecular flexibility index (Phi) is 6.33. The molecule has 0 unspecified atom stereocenters. The molecule has 3 aromatic rings. The number of hydrogen-bond acceptors (Lipinski definition) is 5. The number of halogens is 2. The lowest BCUT2D eigenvalue weighted by molar-refractivity contribution is 0.102. The Morgan fingerprint density at radius 3 is 2.62 bits per heavy atom. The molecule has 0 aliphatic heterocycles. The number of ether oxygens (including phenoxy) is 1. The molecule has 8 heteroatoms. The average molecular weight is 398 g/mol. The highest BCUT2D eigenvalue weighted by atomic mass is 19.2. The minimum Gasteiger partial charge on any atom is -0.496 e. The van der Waals surface area contributed by atoms with Crippen molar-refractivity contribution in [2.45, 2.75) is 13.3 Å². The number of aryl methyl sites for hydroxylation is 1. The average Bonchev–Trinajstić information content (AvgIpc) is 2.70. The summed E-state index contributed by atoms with van der Waals surface area (Å²) < 4.78 is 31.7. The second-order valence-corrected chi connectivity index (χ2v) is 6.29. The summed E-state index contributed by atoms with van der Waals surface area (Å²) in [6.07, 6.45) is 0.678. The standard InChI is InChI=1S/C21H20F2N4O2/c1-13-11-18(20(28)26-15-7-8-16(22)17(23)12-15)27-21(25-13)24-10-9-14-5-3-4-6-19(14)29-2/h3-8,11-12H,9-10H2,1-2H3,(H,26,28)(H,24,25,27). The van der Waals surface area contributed by atoms with E-state index < -0.39 is 17.5 Å². The molecular formula is C21H20F2N4O2. The molecule has 0 saturated carbocycles. The van der Waals surface area contributed by atoms with E-state index in [2.05, 4.69) is 20.6 Å². The summed E-state index contributed by atoms with van der Waals surface area (Å²) in [5.41, 5.74) is 1.87. The second-order valence-electron chi connectivity index (χ2n) is 6.29. The molecule has 3 rings (SSSR count). The van der Waals surface area contributed by atoms with Gasteiger partial charge in [-0.2, -0.15) is 0 Å². The lowest BCUT2D eigenvalue weighted by Gasteiger charge is -2.11. The SMILES string of the molecule is COc1ccccc1CCNc1nc(C)cc(C(=O)Nc2ccc(F)c(F)c2)n1. The third-order valence-corrected chi connectivity index (χ3v) is 4.13. The van der Waals surface area contributed by atoms with E-state index in [0.29, 0.717) is 24.6 Å². The molecule has 1 aromatic heterocycles. The second kappa shape index (κ2) is 9.09. The van der Waals surface area contributed by atoms with Crippen molar-refractivity contribution in [1.29, 1.82) is 0 Å².